The van der Waals surface area contributed by atoms with Gasteiger partial charge in [0.05, 0.1) is 16.8 Å². The third-order valence-corrected chi connectivity index (χ3v) is 3.69. The van der Waals surface area contributed by atoms with Crippen LogP contribution in [0.2, 0.25) is 5.15 Å². The van der Waals surface area contributed by atoms with Crippen molar-refractivity contribution in [3.63, 3.8) is 0 Å². The fourth-order valence-electron chi connectivity index (χ4n) is 2.35. The third kappa shape index (κ3) is 2.15. The Balaban J connectivity index is 2.45. The van der Waals surface area contributed by atoms with Crippen molar-refractivity contribution in [2.45, 2.75) is 13.3 Å². The molecule has 2 heterocycles. The summed E-state index contributed by atoms with van der Waals surface area (Å²) in [7, 11) is 0. The van der Waals surface area contributed by atoms with E-state index >= 15 is 0 Å². The SMILES string of the molecule is CCc1c(Cl)[nH]c(=O)n(-c2cccc3ncccc23)c1=O. The van der Waals surface area contributed by atoms with E-state index in [9.17, 15) is 9.59 Å². The minimum atomic E-state index is -0.557. The Morgan fingerprint density at radius 3 is 2.81 bits per heavy atom. The minimum absolute atomic E-state index is 0.0992. The van der Waals surface area contributed by atoms with Gasteiger partial charge in [-0.3, -0.25) is 14.8 Å². The molecule has 0 saturated heterocycles. The van der Waals surface area contributed by atoms with Crippen LogP contribution in [0, 0.1) is 0 Å². The number of fused-ring (bicyclic) bond motifs is 1. The number of hydrogen-bond acceptors (Lipinski definition) is 3. The molecule has 106 valence electrons. The first-order valence-electron chi connectivity index (χ1n) is 6.51. The monoisotopic (exact) mass is 301 g/mol. The molecule has 0 spiro atoms. The topological polar surface area (TPSA) is 67.8 Å². The second-order valence-electron chi connectivity index (χ2n) is 4.56. The van der Waals surface area contributed by atoms with E-state index in [0.29, 0.717) is 23.2 Å². The van der Waals surface area contributed by atoms with Crippen molar-refractivity contribution in [2.24, 2.45) is 0 Å². The van der Waals surface area contributed by atoms with Gasteiger partial charge < -0.3 is 0 Å². The number of benzene rings is 1. The summed E-state index contributed by atoms with van der Waals surface area (Å²) in [5, 5.41) is 0.832. The normalized spacial score (nSPS) is 11.0. The van der Waals surface area contributed by atoms with E-state index in [1.54, 1.807) is 24.4 Å². The van der Waals surface area contributed by atoms with Crippen LogP contribution in [0.15, 0.2) is 46.1 Å². The molecule has 0 aliphatic rings. The van der Waals surface area contributed by atoms with E-state index in [1.807, 2.05) is 19.1 Å². The number of nitrogens with one attached hydrogen (secondary N) is 1. The number of H-pyrrole nitrogens is 1. The molecular formula is C15H12ClN3O2. The van der Waals surface area contributed by atoms with Gasteiger partial charge in [-0.05, 0) is 30.7 Å². The lowest BCUT2D eigenvalue weighted by molar-refractivity contribution is 0.846. The Kier molecular flexibility index (Phi) is 3.35. The predicted molar refractivity (Wildman–Crippen MR) is 82.3 cm³/mol. The number of hydrogen-bond donors (Lipinski definition) is 1. The van der Waals surface area contributed by atoms with Crippen LogP contribution in [0.3, 0.4) is 0 Å². The molecule has 1 N–H and O–H groups in total. The molecule has 0 aliphatic heterocycles. The van der Waals surface area contributed by atoms with Gasteiger partial charge >= 0.3 is 5.69 Å². The second kappa shape index (κ2) is 5.18. The lowest BCUT2D eigenvalue weighted by Gasteiger charge is -2.10. The molecule has 0 amide bonds. The molecule has 0 atom stereocenters. The van der Waals surface area contributed by atoms with Gasteiger partial charge in [0, 0.05) is 11.6 Å². The number of nitrogens with zero attached hydrogens (tertiary/aromatic N) is 2. The van der Waals surface area contributed by atoms with E-state index in [0.717, 1.165) is 9.95 Å². The maximum atomic E-state index is 12.5. The third-order valence-electron chi connectivity index (χ3n) is 3.36. The van der Waals surface area contributed by atoms with Crippen molar-refractivity contribution in [2.75, 3.05) is 0 Å². The van der Waals surface area contributed by atoms with Gasteiger partial charge in [0.25, 0.3) is 5.56 Å². The quantitative estimate of drug-likeness (QED) is 0.738. The first-order valence-corrected chi connectivity index (χ1v) is 6.89. The number of pyridine rings is 1. The second-order valence-corrected chi connectivity index (χ2v) is 4.94. The summed E-state index contributed by atoms with van der Waals surface area (Å²) in [5.41, 5.74) is 0.644. The van der Waals surface area contributed by atoms with Crippen LogP contribution in [0.25, 0.3) is 16.6 Å². The van der Waals surface area contributed by atoms with E-state index in [4.69, 9.17) is 11.6 Å². The molecule has 0 saturated carbocycles. The highest BCUT2D eigenvalue weighted by Gasteiger charge is 2.14. The van der Waals surface area contributed by atoms with Crippen LogP contribution in [0.4, 0.5) is 0 Å². The summed E-state index contributed by atoms with van der Waals surface area (Å²) in [6.07, 6.45) is 2.11. The zero-order valence-electron chi connectivity index (χ0n) is 11.3. The van der Waals surface area contributed by atoms with Gasteiger partial charge in [-0.15, -0.1) is 0 Å². The van der Waals surface area contributed by atoms with Gasteiger partial charge in [0.2, 0.25) is 0 Å². The zero-order chi connectivity index (χ0) is 15.0. The van der Waals surface area contributed by atoms with Crippen molar-refractivity contribution in [1.29, 1.82) is 0 Å². The highest BCUT2D eigenvalue weighted by Crippen LogP contribution is 2.18. The van der Waals surface area contributed by atoms with Crippen LogP contribution in [-0.2, 0) is 6.42 Å². The Morgan fingerprint density at radius 2 is 2.05 bits per heavy atom. The Bertz CT molecular complexity index is 938. The van der Waals surface area contributed by atoms with E-state index in [-0.39, 0.29) is 5.15 Å². The molecule has 0 fully saturated rings. The molecule has 3 rings (SSSR count). The molecule has 0 aliphatic carbocycles. The molecule has 5 nitrogen and oxygen atoms in total. The molecule has 6 heteroatoms. The Labute approximate surface area is 124 Å². The first-order chi connectivity index (χ1) is 10.1. The molecule has 2 aromatic heterocycles. The molecule has 3 aromatic rings. The van der Waals surface area contributed by atoms with Gasteiger partial charge in [-0.1, -0.05) is 24.6 Å². The van der Waals surface area contributed by atoms with Crippen molar-refractivity contribution in [3.8, 4) is 5.69 Å². The Hall–Kier alpha value is -2.40. The summed E-state index contributed by atoms with van der Waals surface area (Å²) in [6.45, 7) is 1.82. The molecule has 21 heavy (non-hydrogen) atoms. The summed E-state index contributed by atoms with van der Waals surface area (Å²) in [5.74, 6) is 0. The van der Waals surface area contributed by atoms with Gasteiger partial charge in [0.1, 0.15) is 5.15 Å². The van der Waals surface area contributed by atoms with Crippen molar-refractivity contribution < 1.29 is 0 Å². The van der Waals surface area contributed by atoms with E-state index in [2.05, 4.69) is 9.97 Å². The van der Waals surface area contributed by atoms with Crippen molar-refractivity contribution in [3.05, 3.63) is 68.1 Å². The molecule has 0 radical (unpaired) electrons. The fourth-order valence-corrected chi connectivity index (χ4v) is 2.65. The van der Waals surface area contributed by atoms with Crippen molar-refractivity contribution >= 4 is 22.5 Å². The lowest BCUT2D eigenvalue weighted by Crippen LogP contribution is -2.36. The maximum absolute atomic E-state index is 12.5. The van der Waals surface area contributed by atoms with Crippen LogP contribution in [0.5, 0.6) is 0 Å². The van der Waals surface area contributed by atoms with Crippen molar-refractivity contribution in [1.82, 2.24) is 14.5 Å². The highest BCUT2D eigenvalue weighted by molar-refractivity contribution is 6.30. The van der Waals surface area contributed by atoms with E-state index in [1.165, 1.54) is 0 Å². The average molecular weight is 302 g/mol. The number of halogens is 1. The van der Waals surface area contributed by atoms with Gasteiger partial charge in [0.15, 0.2) is 0 Å². The molecule has 0 unspecified atom stereocenters. The minimum Gasteiger partial charge on any atom is -0.297 e. The molecule has 0 bridgehead atoms. The molecule has 1 aromatic carbocycles. The van der Waals surface area contributed by atoms with Crippen LogP contribution in [-0.4, -0.2) is 14.5 Å². The number of aromatic amines is 1. The summed E-state index contributed by atoms with van der Waals surface area (Å²) < 4.78 is 1.11. The average Bonchev–Trinajstić information content (AvgIpc) is 2.47. The largest absolute Gasteiger partial charge is 0.334 e. The highest BCUT2D eigenvalue weighted by atomic mass is 35.5. The standard InChI is InChI=1S/C15H12ClN3O2/c1-2-9-13(16)18-15(21)19(14(9)20)12-7-3-6-11-10(12)5-4-8-17-11/h3-8H,2H2,1H3,(H,18,21). The van der Waals surface area contributed by atoms with Crippen LogP contribution in [0.1, 0.15) is 12.5 Å². The zero-order valence-corrected chi connectivity index (χ0v) is 12.0. The summed E-state index contributed by atoms with van der Waals surface area (Å²) in [6, 6.07) is 8.89. The first kappa shape index (κ1) is 13.6. The van der Waals surface area contributed by atoms with E-state index < -0.39 is 11.2 Å². The summed E-state index contributed by atoms with van der Waals surface area (Å²) in [4.78, 5) is 31.4. The number of aromatic nitrogens is 3. The maximum Gasteiger partial charge on any atom is 0.334 e. The van der Waals surface area contributed by atoms with Crippen LogP contribution < -0.4 is 11.2 Å². The smallest absolute Gasteiger partial charge is 0.297 e. The Morgan fingerprint density at radius 1 is 1.24 bits per heavy atom. The lowest BCUT2D eigenvalue weighted by atomic mass is 10.1. The predicted octanol–water partition coefficient (Wildman–Crippen LogP) is 2.29. The number of rotatable bonds is 2. The van der Waals surface area contributed by atoms with Gasteiger partial charge in [-0.2, -0.15) is 0 Å². The fraction of sp³-hybridized carbons (Fsp3) is 0.133. The van der Waals surface area contributed by atoms with Crippen LogP contribution >= 0.6 is 11.6 Å². The van der Waals surface area contributed by atoms with Gasteiger partial charge in [-0.25, -0.2) is 9.36 Å². The summed E-state index contributed by atoms with van der Waals surface area (Å²) >= 11 is 5.93. The molecular weight excluding hydrogens is 290 g/mol.